The molecule has 0 spiro atoms. The molecule has 0 saturated carbocycles. The number of hydrogen-bond donors (Lipinski definition) is 3. The Hall–Kier alpha value is -4.24. The van der Waals surface area contributed by atoms with Crippen LogP contribution in [0.5, 0.6) is 0 Å². The molecule has 0 aromatic heterocycles. The minimum atomic E-state index is -4.13. The molecular formula is C27H27N3O5S. The van der Waals surface area contributed by atoms with Crippen LogP contribution in [0.4, 0.5) is 0 Å². The van der Waals surface area contributed by atoms with Gasteiger partial charge >= 0.3 is 5.97 Å². The van der Waals surface area contributed by atoms with E-state index in [1.54, 1.807) is 30.3 Å². The number of hydrogen-bond acceptors (Lipinski definition) is 6. The summed E-state index contributed by atoms with van der Waals surface area (Å²) in [4.78, 5) is 28.8. The summed E-state index contributed by atoms with van der Waals surface area (Å²) in [5, 5.41) is 12.4. The maximum absolute atomic E-state index is 13.2. The fourth-order valence-electron chi connectivity index (χ4n) is 3.57. The standard InChI is InChI=1S/C27H27N3O5S/c1-18-9-7-10-19(2)23(18)17-29-25(26(31)30-36(34,35)22-13-5-4-6-14-22)16-24(28-3)20-11-8-12-21(15-20)27(32)33/h4-16,29H,17H2,1-3H3,(H,30,31)(H,32,33). The van der Waals surface area contributed by atoms with Crippen molar-refractivity contribution in [3.63, 3.8) is 0 Å². The van der Waals surface area contributed by atoms with E-state index in [1.165, 1.54) is 37.4 Å². The molecule has 1 amide bonds. The zero-order valence-electron chi connectivity index (χ0n) is 20.1. The number of aliphatic imine (C=N–C) groups is 1. The monoisotopic (exact) mass is 505 g/mol. The quantitative estimate of drug-likeness (QED) is 0.301. The highest BCUT2D eigenvalue weighted by Gasteiger charge is 2.21. The Morgan fingerprint density at radius 3 is 2.14 bits per heavy atom. The summed E-state index contributed by atoms with van der Waals surface area (Å²) in [6.07, 6.45) is 1.41. The second-order valence-electron chi connectivity index (χ2n) is 8.02. The molecular weight excluding hydrogens is 478 g/mol. The van der Waals surface area contributed by atoms with Gasteiger partial charge in [0, 0.05) is 19.2 Å². The molecule has 0 aliphatic rings. The zero-order chi connectivity index (χ0) is 26.3. The number of amides is 1. The predicted molar refractivity (Wildman–Crippen MR) is 138 cm³/mol. The largest absolute Gasteiger partial charge is 0.478 e. The number of benzene rings is 3. The number of aryl methyl sites for hydroxylation is 2. The lowest BCUT2D eigenvalue weighted by molar-refractivity contribution is -0.116. The number of carboxylic acids is 1. The van der Waals surface area contributed by atoms with Crippen molar-refractivity contribution >= 4 is 27.6 Å². The van der Waals surface area contributed by atoms with Crippen molar-refractivity contribution in [1.82, 2.24) is 10.0 Å². The normalized spacial score (nSPS) is 12.2. The first-order valence-electron chi connectivity index (χ1n) is 11.1. The zero-order valence-corrected chi connectivity index (χ0v) is 21.0. The fraction of sp³-hybridized carbons (Fsp3) is 0.148. The molecule has 36 heavy (non-hydrogen) atoms. The Bertz CT molecular complexity index is 1420. The first-order chi connectivity index (χ1) is 17.1. The molecule has 0 heterocycles. The van der Waals surface area contributed by atoms with Gasteiger partial charge in [-0.05, 0) is 60.9 Å². The number of sulfonamides is 1. The Morgan fingerprint density at radius 1 is 0.917 bits per heavy atom. The highest BCUT2D eigenvalue weighted by molar-refractivity contribution is 7.90. The molecule has 0 saturated heterocycles. The van der Waals surface area contributed by atoms with E-state index in [9.17, 15) is 23.1 Å². The lowest BCUT2D eigenvalue weighted by atomic mass is 10.0. The summed E-state index contributed by atoms with van der Waals surface area (Å²) in [5.41, 5.74) is 3.76. The number of allylic oxidation sites excluding steroid dienone is 1. The third-order valence-electron chi connectivity index (χ3n) is 5.55. The van der Waals surface area contributed by atoms with Crippen molar-refractivity contribution in [2.75, 3.05) is 7.05 Å². The number of carbonyl (C=O) groups excluding carboxylic acids is 1. The van der Waals surface area contributed by atoms with E-state index in [1.807, 2.05) is 32.0 Å². The molecule has 3 rings (SSSR count). The molecule has 0 aliphatic carbocycles. The van der Waals surface area contributed by atoms with Gasteiger partial charge in [0.25, 0.3) is 15.9 Å². The topological polar surface area (TPSA) is 125 Å². The van der Waals surface area contributed by atoms with Crippen molar-refractivity contribution in [2.45, 2.75) is 25.3 Å². The Balaban J connectivity index is 1.99. The van der Waals surface area contributed by atoms with Crippen LogP contribution in [0.3, 0.4) is 0 Å². The highest BCUT2D eigenvalue weighted by Crippen LogP contribution is 2.15. The molecule has 9 heteroatoms. The molecule has 0 bridgehead atoms. The van der Waals surface area contributed by atoms with Crippen LogP contribution in [0.25, 0.3) is 0 Å². The number of nitrogens with one attached hydrogen (secondary N) is 2. The molecule has 3 aromatic carbocycles. The van der Waals surface area contributed by atoms with Gasteiger partial charge in [-0.15, -0.1) is 0 Å². The smallest absolute Gasteiger partial charge is 0.335 e. The van der Waals surface area contributed by atoms with Gasteiger partial charge in [0.2, 0.25) is 0 Å². The van der Waals surface area contributed by atoms with E-state index < -0.39 is 21.9 Å². The third-order valence-corrected chi connectivity index (χ3v) is 6.90. The second-order valence-corrected chi connectivity index (χ2v) is 9.71. The highest BCUT2D eigenvalue weighted by atomic mass is 32.2. The maximum atomic E-state index is 13.2. The van der Waals surface area contributed by atoms with Gasteiger partial charge in [-0.25, -0.2) is 17.9 Å². The number of aromatic carboxylic acids is 1. The number of rotatable bonds is 9. The van der Waals surface area contributed by atoms with Crippen LogP contribution in [-0.2, 0) is 21.4 Å². The van der Waals surface area contributed by atoms with E-state index in [-0.39, 0.29) is 22.7 Å². The Labute approximate surface area is 210 Å². The molecule has 3 aromatic rings. The van der Waals surface area contributed by atoms with Gasteiger partial charge in [-0.2, -0.15) is 0 Å². The van der Waals surface area contributed by atoms with Gasteiger partial charge in [-0.1, -0.05) is 48.5 Å². The van der Waals surface area contributed by atoms with E-state index in [2.05, 4.69) is 15.0 Å². The number of carboxylic acid groups (broad SMARTS) is 1. The average molecular weight is 506 g/mol. The van der Waals surface area contributed by atoms with Gasteiger partial charge in [0.05, 0.1) is 16.2 Å². The first-order valence-corrected chi connectivity index (χ1v) is 12.5. The van der Waals surface area contributed by atoms with Gasteiger partial charge in [-0.3, -0.25) is 9.79 Å². The molecule has 0 aliphatic heterocycles. The van der Waals surface area contributed by atoms with Crippen LogP contribution < -0.4 is 10.0 Å². The van der Waals surface area contributed by atoms with Crippen LogP contribution in [0, 0.1) is 13.8 Å². The summed E-state index contributed by atoms with van der Waals surface area (Å²) in [6.45, 7) is 4.16. The van der Waals surface area contributed by atoms with Gasteiger partial charge in [0.1, 0.15) is 5.70 Å². The van der Waals surface area contributed by atoms with Crippen LogP contribution in [-0.4, -0.2) is 38.2 Å². The Morgan fingerprint density at radius 2 is 1.53 bits per heavy atom. The van der Waals surface area contributed by atoms with E-state index >= 15 is 0 Å². The minimum Gasteiger partial charge on any atom is -0.478 e. The van der Waals surface area contributed by atoms with E-state index in [0.29, 0.717) is 11.3 Å². The van der Waals surface area contributed by atoms with Crippen LogP contribution in [0.2, 0.25) is 0 Å². The van der Waals surface area contributed by atoms with Crippen LogP contribution >= 0.6 is 0 Å². The minimum absolute atomic E-state index is 0.0431. The van der Waals surface area contributed by atoms with Crippen molar-refractivity contribution < 1.29 is 23.1 Å². The van der Waals surface area contributed by atoms with Crippen molar-refractivity contribution in [3.05, 3.63) is 112 Å². The summed E-state index contributed by atoms with van der Waals surface area (Å²) < 4.78 is 27.7. The fourth-order valence-corrected chi connectivity index (χ4v) is 4.56. The van der Waals surface area contributed by atoms with Crippen molar-refractivity contribution in [3.8, 4) is 0 Å². The lowest BCUT2D eigenvalue weighted by Gasteiger charge is -2.15. The van der Waals surface area contributed by atoms with Gasteiger partial charge in [0.15, 0.2) is 0 Å². The third kappa shape index (κ3) is 6.45. The second kappa shape index (κ2) is 11.5. The molecule has 3 N–H and O–H groups in total. The van der Waals surface area contributed by atoms with Crippen LogP contribution in [0.15, 0.2) is 94.5 Å². The molecule has 8 nitrogen and oxygen atoms in total. The summed E-state index contributed by atoms with van der Waals surface area (Å²) in [7, 11) is -2.63. The molecule has 0 radical (unpaired) electrons. The molecule has 0 unspecified atom stereocenters. The maximum Gasteiger partial charge on any atom is 0.335 e. The van der Waals surface area contributed by atoms with Crippen LogP contribution in [0.1, 0.15) is 32.6 Å². The first kappa shape index (κ1) is 26.4. The van der Waals surface area contributed by atoms with E-state index in [4.69, 9.17) is 0 Å². The number of carbonyl (C=O) groups is 2. The van der Waals surface area contributed by atoms with Crippen molar-refractivity contribution in [1.29, 1.82) is 0 Å². The molecule has 186 valence electrons. The Kier molecular flexibility index (Phi) is 8.39. The lowest BCUT2D eigenvalue weighted by Crippen LogP contribution is -2.36. The van der Waals surface area contributed by atoms with Crippen molar-refractivity contribution in [2.24, 2.45) is 4.99 Å². The predicted octanol–water partition coefficient (Wildman–Crippen LogP) is 3.60. The average Bonchev–Trinajstić information content (AvgIpc) is 2.85. The summed E-state index contributed by atoms with van der Waals surface area (Å²) in [6, 6.07) is 19.5. The molecule has 0 fully saturated rings. The molecule has 0 atom stereocenters. The SMILES string of the molecule is CN=C(C=C(NCc1c(C)cccc1C)C(=O)NS(=O)(=O)c1ccccc1)c1cccc(C(=O)O)c1. The number of nitrogens with zero attached hydrogens (tertiary/aromatic N) is 1. The summed E-state index contributed by atoms with van der Waals surface area (Å²) >= 11 is 0. The van der Waals surface area contributed by atoms with E-state index in [0.717, 1.165) is 16.7 Å². The van der Waals surface area contributed by atoms with Gasteiger partial charge < -0.3 is 10.4 Å². The summed E-state index contributed by atoms with van der Waals surface area (Å²) in [5.74, 6) is -1.98.